The third-order valence-corrected chi connectivity index (χ3v) is 4.17. The van der Waals surface area contributed by atoms with Gasteiger partial charge in [0.1, 0.15) is 0 Å². The summed E-state index contributed by atoms with van der Waals surface area (Å²) in [6.07, 6.45) is 3.04. The van der Waals surface area contributed by atoms with Gasteiger partial charge in [0.15, 0.2) is 0 Å². The summed E-state index contributed by atoms with van der Waals surface area (Å²) in [5.74, 6) is -0.260. The molecule has 1 aliphatic rings. The van der Waals surface area contributed by atoms with Crippen LogP contribution in [0.2, 0.25) is 0 Å². The van der Waals surface area contributed by atoms with E-state index < -0.39 is 0 Å². The zero-order valence-electron chi connectivity index (χ0n) is 12.0. The molecule has 0 aliphatic heterocycles. The minimum atomic E-state index is -0.183. The molecule has 0 spiro atoms. The smallest absolute Gasteiger partial charge is 0.224 e. The first-order chi connectivity index (χ1) is 9.15. The Morgan fingerprint density at radius 3 is 2.74 bits per heavy atom. The fraction of sp³-hybridized carbons (Fsp3) is 0.562. The molecule has 3 heteroatoms. The molecule has 0 radical (unpaired) electrons. The number of fused-ring (bicyclic) bond motifs is 1. The molecule has 0 bridgehead atoms. The first-order valence-electron chi connectivity index (χ1n) is 7.29. The third-order valence-electron chi connectivity index (χ3n) is 4.17. The number of nitrogens with zero attached hydrogens (tertiary/aromatic N) is 1. The van der Waals surface area contributed by atoms with Crippen molar-refractivity contribution < 1.29 is 4.79 Å². The van der Waals surface area contributed by atoms with Gasteiger partial charge in [-0.15, -0.1) is 0 Å². The highest BCUT2D eigenvalue weighted by Gasteiger charge is 2.24. The van der Waals surface area contributed by atoms with Gasteiger partial charge in [-0.3, -0.25) is 9.69 Å². The van der Waals surface area contributed by atoms with Crippen molar-refractivity contribution in [2.24, 2.45) is 5.73 Å². The Balaban J connectivity index is 2.21. The van der Waals surface area contributed by atoms with E-state index in [1.165, 1.54) is 11.1 Å². The molecule has 1 aromatic rings. The van der Waals surface area contributed by atoms with Crippen LogP contribution in [0.3, 0.4) is 0 Å². The predicted molar refractivity (Wildman–Crippen MR) is 77.9 cm³/mol. The van der Waals surface area contributed by atoms with Crippen molar-refractivity contribution in [3.05, 3.63) is 34.9 Å². The Kier molecular flexibility index (Phi) is 4.59. The molecule has 2 N–H and O–H groups in total. The number of aryl methyl sites for hydroxylation is 1. The van der Waals surface area contributed by atoms with Crippen LogP contribution >= 0.6 is 0 Å². The van der Waals surface area contributed by atoms with Gasteiger partial charge >= 0.3 is 0 Å². The monoisotopic (exact) mass is 260 g/mol. The Morgan fingerprint density at radius 1 is 1.37 bits per heavy atom. The number of carbonyl (C=O) groups is 1. The lowest BCUT2D eigenvalue weighted by atomic mass is 9.81. The van der Waals surface area contributed by atoms with E-state index in [0.29, 0.717) is 0 Å². The van der Waals surface area contributed by atoms with E-state index in [-0.39, 0.29) is 11.8 Å². The third kappa shape index (κ3) is 3.16. The van der Waals surface area contributed by atoms with Crippen LogP contribution in [0.5, 0.6) is 0 Å². The summed E-state index contributed by atoms with van der Waals surface area (Å²) in [7, 11) is 0. The molecule has 0 fully saturated rings. The van der Waals surface area contributed by atoms with Crippen LogP contribution in [-0.4, -0.2) is 23.9 Å². The van der Waals surface area contributed by atoms with Gasteiger partial charge in [0.25, 0.3) is 0 Å². The van der Waals surface area contributed by atoms with Gasteiger partial charge in [0.2, 0.25) is 5.91 Å². The van der Waals surface area contributed by atoms with Gasteiger partial charge in [-0.1, -0.05) is 32.0 Å². The first kappa shape index (κ1) is 14.1. The van der Waals surface area contributed by atoms with E-state index in [9.17, 15) is 4.79 Å². The van der Waals surface area contributed by atoms with Crippen LogP contribution in [0.15, 0.2) is 18.2 Å². The van der Waals surface area contributed by atoms with E-state index in [2.05, 4.69) is 36.9 Å². The van der Waals surface area contributed by atoms with E-state index >= 15 is 0 Å². The van der Waals surface area contributed by atoms with Gasteiger partial charge in [0.05, 0.1) is 5.92 Å². The number of nitrogens with two attached hydrogens (primary N) is 1. The second kappa shape index (κ2) is 6.20. The summed E-state index contributed by atoms with van der Waals surface area (Å²) >= 11 is 0. The van der Waals surface area contributed by atoms with Crippen molar-refractivity contribution in [2.45, 2.75) is 45.6 Å². The lowest BCUT2D eigenvalue weighted by Gasteiger charge is -2.25. The largest absolute Gasteiger partial charge is 0.369 e. The number of carbonyl (C=O) groups excluding carboxylic acids is 1. The van der Waals surface area contributed by atoms with Crippen LogP contribution in [0.25, 0.3) is 0 Å². The van der Waals surface area contributed by atoms with Crippen molar-refractivity contribution in [3.8, 4) is 0 Å². The van der Waals surface area contributed by atoms with Crippen LogP contribution in [0, 0.1) is 0 Å². The first-order valence-corrected chi connectivity index (χ1v) is 7.29. The molecular weight excluding hydrogens is 236 g/mol. The average molecular weight is 260 g/mol. The lowest BCUT2D eigenvalue weighted by molar-refractivity contribution is -0.119. The van der Waals surface area contributed by atoms with Crippen molar-refractivity contribution in [3.63, 3.8) is 0 Å². The predicted octanol–water partition coefficient (Wildman–Crippen LogP) is 2.43. The van der Waals surface area contributed by atoms with E-state index in [1.807, 2.05) is 0 Å². The zero-order valence-corrected chi connectivity index (χ0v) is 12.0. The number of benzene rings is 1. The van der Waals surface area contributed by atoms with Gasteiger partial charge < -0.3 is 5.73 Å². The van der Waals surface area contributed by atoms with E-state index in [4.69, 9.17) is 5.73 Å². The Labute approximate surface area is 115 Å². The number of primary amides is 1. The minimum absolute atomic E-state index is 0.0775. The number of rotatable bonds is 5. The SMILES string of the molecule is CCN(CC)Cc1ccc2c(c1)CCCC2C(N)=O. The highest BCUT2D eigenvalue weighted by Crippen LogP contribution is 2.32. The summed E-state index contributed by atoms with van der Waals surface area (Å²) in [4.78, 5) is 13.9. The van der Waals surface area contributed by atoms with Gasteiger partial charge in [-0.05, 0) is 49.0 Å². The molecule has 2 rings (SSSR count). The second-order valence-corrected chi connectivity index (χ2v) is 5.34. The van der Waals surface area contributed by atoms with E-state index in [1.54, 1.807) is 0 Å². The average Bonchev–Trinajstić information content (AvgIpc) is 2.43. The Bertz CT molecular complexity index is 452. The Hall–Kier alpha value is -1.35. The van der Waals surface area contributed by atoms with Gasteiger partial charge in [0, 0.05) is 6.54 Å². The number of hydrogen-bond acceptors (Lipinski definition) is 2. The molecule has 1 unspecified atom stereocenters. The Morgan fingerprint density at radius 2 is 2.11 bits per heavy atom. The van der Waals surface area contributed by atoms with Crippen LogP contribution in [0.4, 0.5) is 0 Å². The maximum atomic E-state index is 11.5. The second-order valence-electron chi connectivity index (χ2n) is 5.34. The minimum Gasteiger partial charge on any atom is -0.369 e. The summed E-state index contributed by atoms with van der Waals surface area (Å²) < 4.78 is 0. The summed E-state index contributed by atoms with van der Waals surface area (Å²) in [5, 5.41) is 0. The summed E-state index contributed by atoms with van der Waals surface area (Å²) in [6.45, 7) is 7.49. The molecule has 0 saturated carbocycles. The van der Waals surface area contributed by atoms with Crippen LogP contribution in [-0.2, 0) is 17.8 Å². The fourth-order valence-corrected chi connectivity index (χ4v) is 2.97. The van der Waals surface area contributed by atoms with Crippen LogP contribution < -0.4 is 5.73 Å². The quantitative estimate of drug-likeness (QED) is 0.884. The molecule has 3 nitrogen and oxygen atoms in total. The molecule has 1 aromatic carbocycles. The molecule has 0 saturated heterocycles. The molecule has 0 heterocycles. The lowest BCUT2D eigenvalue weighted by Crippen LogP contribution is -2.26. The van der Waals surface area contributed by atoms with Crippen molar-refractivity contribution in [1.29, 1.82) is 0 Å². The topological polar surface area (TPSA) is 46.3 Å². The van der Waals surface area contributed by atoms with Gasteiger partial charge in [-0.2, -0.15) is 0 Å². The highest BCUT2D eigenvalue weighted by atomic mass is 16.1. The summed E-state index contributed by atoms with van der Waals surface area (Å²) in [6, 6.07) is 6.53. The number of hydrogen-bond donors (Lipinski definition) is 1. The maximum absolute atomic E-state index is 11.5. The zero-order chi connectivity index (χ0) is 13.8. The normalized spacial score (nSPS) is 18.4. The number of amides is 1. The summed E-state index contributed by atoms with van der Waals surface area (Å²) in [5.41, 5.74) is 9.31. The molecule has 1 atom stereocenters. The molecular formula is C16H24N2O. The highest BCUT2D eigenvalue weighted by molar-refractivity contribution is 5.82. The van der Waals surface area contributed by atoms with Crippen LogP contribution in [0.1, 0.15) is 49.3 Å². The molecule has 19 heavy (non-hydrogen) atoms. The fourth-order valence-electron chi connectivity index (χ4n) is 2.97. The van der Waals surface area contributed by atoms with Crippen molar-refractivity contribution in [2.75, 3.05) is 13.1 Å². The molecule has 0 aromatic heterocycles. The van der Waals surface area contributed by atoms with Gasteiger partial charge in [-0.25, -0.2) is 0 Å². The van der Waals surface area contributed by atoms with Crippen molar-refractivity contribution in [1.82, 2.24) is 4.90 Å². The molecule has 1 amide bonds. The molecule has 1 aliphatic carbocycles. The van der Waals surface area contributed by atoms with E-state index in [0.717, 1.165) is 44.5 Å². The van der Waals surface area contributed by atoms with Crippen molar-refractivity contribution >= 4 is 5.91 Å². The maximum Gasteiger partial charge on any atom is 0.224 e. The molecule has 104 valence electrons. The standard InChI is InChI=1S/C16H24N2O/c1-3-18(4-2)11-12-8-9-14-13(10-12)6-5-7-15(14)16(17)19/h8-10,15H,3-7,11H2,1-2H3,(H2,17,19).